The molecule has 1 rings (SSSR count). The Labute approximate surface area is 93.2 Å². The summed E-state index contributed by atoms with van der Waals surface area (Å²) in [5, 5.41) is 0. The summed E-state index contributed by atoms with van der Waals surface area (Å²) in [6.45, 7) is 0.895. The van der Waals surface area contributed by atoms with Crippen LogP contribution in [0.3, 0.4) is 0 Å². The van der Waals surface area contributed by atoms with Crippen LogP contribution in [0, 0.1) is 0 Å². The van der Waals surface area contributed by atoms with Gasteiger partial charge in [-0.15, -0.1) is 0 Å². The van der Waals surface area contributed by atoms with Crippen molar-refractivity contribution >= 4 is 11.6 Å². The topological polar surface area (TPSA) is 43.4 Å². The van der Waals surface area contributed by atoms with Crippen LogP contribution < -0.4 is 0 Å². The number of halogens is 1. The highest BCUT2D eigenvalue weighted by atomic mass is 19.1. The van der Waals surface area contributed by atoms with Gasteiger partial charge in [0.15, 0.2) is 12.0 Å². The molecular weight excluding hydrogens is 211 g/mol. The Hall–Kier alpha value is -1.55. The van der Waals surface area contributed by atoms with Crippen LogP contribution in [-0.2, 0) is 20.9 Å². The molecule has 0 bridgehead atoms. The molecule has 0 fully saturated rings. The Morgan fingerprint density at radius 2 is 1.94 bits per heavy atom. The van der Waals surface area contributed by atoms with Gasteiger partial charge in [0, 0.05) is 6.92 Å². The van der Waals surface area contributed by atoms with Gasteiger partial charge in [-0.2, -0.15) is 0 Å². The van der Waals surface area contributed by atoms with E-state index in [1.807, 2.05) is 30.3 Å². The van der Waals surface area contributed by atoms with Crippen molar-refractivity contribution in [2.24, 2.45) is 0 Å². The number of rotatable bonds is 6. The minimum absolute atomic E-state index is 0.229. The fourth-order valence-corrected chi connectivity index (χ4v) is 1.15. The highest BCUT2D eigenvalue weighted by Gasteiger charge is 2.21. The Morgan fingerprint density at radius 3 is 2.50 bits per heavy atom. The number of ether oxygens (including phenoxy) is 1. The standard InChI is InChI=1S/C12H13FO3/c1-9(14)12(15)11(13)8-16-7-10-5-3-2-4-6-10/h2-6,11H,7-8H2,1H3/t11-/m0/s1. The van der Waals surface area contributed by atoms with Crippen LogP contribution in [0.2, 0.25) is 0 Å². The minimum atomic E-state index is -1.86. The molecule has 0 aliphatic rings. The summed E-state index contributed by atoms with van der Waals surface area (Å²) in [6.07, 6.45) is -1.86. The van der Waals surface area contributed by atoms with Gasteiger partial charge in [-0.25, -0.2) is 4.39 Å². The molecule has 86 valence electrons. The second-order valence-electron chi connectivity index (χ2n) is 3.39. The lowest BCUT2D eigenvalue weighted by molar-refractivity contribution is -0.139. The fraction of sp³-hybridized carbons (Fsp3) is 0.333. The summed E-state index contributed by atoms with van der Waals surface area (Å²) < 4.78 is 18.1. The summed E-state index contributed by atoms with van der Waals surface area (Å²) in [6, 6.07) is 9.21. The third kappa shape index (κ3) is 3.90. The maximum absolute atomic E-state index is 13.1. The molecule has 0 saturated heterocycles. The molecule has 0 radical (unpaired) electrons. The molecule has 4 heteroatoms. The third-order valence-electron chi connectivity index (χ3n) is 2.01. The third-order valence-corrected chi connectivity index (χ3v) is 2.01. The van der Waals surface area contributed by atoms with Crippen LogP contribution in [-0.4, -0.2) is 24.3 Å². The summed E-state index contributed by atoms with van der Waals surface area (Å²) in [7, 11) is 0. The quantitative estimate of drug-likeness (QED) is 0.691. The number of hydrogen-bond donors (Lipinski definition) is 0. The van der Waals surface area contributed by atoms with E-state index in [4.69, 9.17) is 4.74 Å². The average molecular weight is 224 g/mol. The summed E-state index contributed by atoms with van der Waals surface area (Å²) >= 11 is 0. The van der Waals surface area contributed by atoms with Crippen molar-refractivity contribution in [1.82, 2.24) is 0 Å². The zero-order valence-corrected chi connectivity index (χ0v) is 8.98. The van der Waals surface area contributed by atoms with Gasteiger partial charge in [0.05, 0.1) is 13.2 Å². The highest BCUT2D eigenvalue weighted by Crippen LogP contribution is 2.02. The molecule has 0 N–H and O–H groups in total. The SMILES string of the molecule is CC(=O)C(=O)[C@@H](F)COCc1ccccc1. The van der Waals surface area contributed by atoms with Gasteiger partial charge in [-0.3, -0.25) is 9.59 Å². The van der Waals surface area contributed by atoms with Crippen molar-refractivity contribution in [2.45, 2.75) is 19.7 Å². The van der Waals surface area contributed by atoms with Crippen molar-refractivity contribution in [3.63, 3.8) is 0 Å². The molecule has 0 saturated carbocycles. The van der Waals surface area contributed by atoms with E-state index in [1.54, 1.807) is 0 Å². The first-order chi connectivity index (χ1) is 7.61. The average Bonchev–Trinajstić information content (AvgIpc) is 2.29. The summed E-state index contributed by atoms with van der Waals surface area (Å²) in [5.74, 6) is -1.82. The van der Waals surface area contributed by atoms with E-state index >= 15 is 0 Å². The molecule has 0 amide bonds. The van der Waals surface area contributed by atoms with Crippen molar-refractivity contribution in [2.75, 3.05) is 6.61 Å². The first-order valence-corrected chi connectivity index (χ1v) is 4.91. The van der Waals surface area contributed by atoms with E-state index in [0.29, 0.717) is 0 Å². The van der Waals surface area contributed by atoms with E-state index in [-0.39, 0.29) is 13.2 Å². The van der Waals surface area contributed by atoms with Gasteiger partial charge in [0.1, 0.15) is 0 Å². The summed E-state index contributed by atoms with van der Waals surface area (Å²) in [4.78, 5) is 21.5. The lowest BCUT2D eigenvalue weighted by Gasteiger charge is -2.06. The molecular formula is C12H13FO3. The van der Waals surface area contributed by atoms with Gasteiger partial charge in [-0.1, -0.05) is 30.3 Å². The Bertz CT molecular complexity index is 362. The number of benzene rings is 1. The maximum atomic E-state index is 13.1. The fourth-order valence-electron chi connectivity index (χ4n) is 1.15. The van der Waals surface area contributed by atoms with E-state index in [1.165, 1.54) is 0 Å². The molecule has 0 aromatic heterocycles. The van der Waals surface area contributed by atoms with Gasteiger partial charge < -0.3 is 4.74 Å². The number of hydrogen-bond acceptors (Lipinski definition) is 3. The monoisotopic (exact) mass is 224 g/mol. The van der Waals surface area contributed by atoms with Crippen LogP contribution in [0.5, 0.6) is 0 Å². The number of carbonyl (C=O) groups is 2. The molecule has 0 heterocycles. The van der Waals surface area contributed by atoms with E-state index in [9.17, 15) is 14.0 Å². The lowest BCUT2D eigenvalue weighted by Crippen LogP contribution is -2.27. The van der Waals surface area contributed by atoms with Crippen molar-refractivity contribution in [1.29, 1.82) is 0 Å². The molecule has 1 aromatic carbocycles. The lowest BCUT2D eigenvalue weighted by atomic mass is 10.2. The van der Waals surface area contributed by atoms with Crippen molar-refractivity contribution in [3.05, 3.63) is 35.9 Å². The Morgan fingerprint density at radius 1 is 1.31 bits per heavy atom. The van der Waals surface area contributed by atoms with E-state index in [0.717, 1.165) is 12.5 Å². The van der Waals surface area contributed by atoms with Gasteiger partial charge in [-0.05, 0) is 5.56 Å². The predicted octanol–water partition coefficient (Wildman–Crippen LogP) is 1.70. The largest absolute Gasteiger partial charge is 0.373 e. The maximum Gasteiger partial charge on any atom is 0.234 e. The number of Topliss-reactive ketones (excluding diaryl/α,β-unsaturated/α-hetero) is 2. The van der Waals surface area contributed by atoms with Crippen LogP contribution in [0.25, 0.3) is 0 Å². The molecule has 3 nitrogen and oxygen atoms in total. The smallest absolute Gasteiger partial charge is 0.234 e. The molecule has 0 aliphatic heterocycles. The molecule has 16 heavy (non-hydrogen) atoms. The first-order valence-electron chi connectivity index (χ1n) is 4.91. The van der Waals surface area contributed by atoms with Crippen molar-refractivity contribution in [3.8, 4) is 0 Å². The molecule has 0 aliphatic carbocycles. The van der Waals surface area contributed by atoms with Gasteiger partial charge in [0.25, 0.3) is 0 Å². The van der Waals surface area contributed by atoms with Crippen LogP contribution in [0.15, 0.2) is 30.3 Å². The van der Waals surface area contributed by atoms with E-state index in [2.05, 4.69) is 0 Å². The van der Waals surface area contributed by atoms with Crippen LogP contribution in [0.1, 0.15) is 12.5 Å². The Balaban J connectivity index is 2.31. The van der Waals surface area contributed by atoms with Crippen molar-refractivity contribution < 1.29 is 18.7 Å². The zero-order valence-electron chi connectivity index (χ0n) is 8.98. The summed E-state index contributed by atoms with van der Waals surface area (Å²) in [5.41, 5.74) is 0.893. The minimum Gasteiger partial charge on any atom is -0.373 e. The Kier molecular flexibility index (Phi) is 4.79. The van der Waals surface area contributed by atoms with Gasteiger partial charge >= 0.3 is 0 Å². The molecule has 0 unspecified atom stereocenters. The predicted molar refractivity (Wildman–Crippen MR) is 56.7 cm³/mol. The van der Waals surface area contributed by atoms with Crippen LogP contribution >= 0.6 is 0 Å². The second kappa shape index (κ2) is 6.12. The van der Waals surface area contributed by atoms with E-state index < -0.39 is 17.7 Å². The molecule has 1 atom stereocenters. The highest BCUT2D eigenvalue weighted by molar-refractivity contribution is 6.37. The zero-order chi connectivity index (χ0) is 12.0. The van der Waals surface area contributed by atoms with Crippen LogP contribution in [0.4, 0.5) is 4.39 Å². The number of ketones is 2. The molecule has 1 aromatic rings. The normalized spacial score (nSPS) is 12.1. The van der Waals surface area contributed by atoms with Gasteiger partial charge in [0.2, 0.25) is 5.78 Å². The molecule has 0 spiro atoms. The second-order valence-corrected chi connectivity index (χ2v) is 3.39. The number of carbonyl (C=O) groups excluding carboxylic acids is 2. The number of alkyl halides is 1. The first kappa shape index (κ1) is 12.5.